The van der Waals surface area contributed by atoms with E-state index in [0.29, 0.717) is 24.7 Å². The number of benzene rings is 1. The molecule has 4 rings (SSSR count). The van der Waals surface area contributed by atoms with E-state index < -0.39 is 0 Å². The minimum absolute atomic E-state index is 0.0882. The Bertz CT molecular complexity index is 915. The molecular weight excluding hydrogens is 360 g/mol. The van der Waals surface area contributed by atoms with Crippen LogP contribution in [0, 0.1) is 6.92 Å². The van der Waals surface area contributed by atoms with E-state index in [0.717, 1.165) is 37.7 Å². The van der Waals surface area contributed by atoms with Crippen molar-refractivity contribution in [3.63, 3.8) is 0 Å². The highest BCUT2D eigenvalue weighted by Crippen LogP contribution is 2.11. The Balaban J connectivity index is 1.27. The molecule has 0 aliphatic carbocycles. The lowest BCUT2D eigenvalue weighted by atomic mass is 10.3. The highest BCUT2D eigenvalue weighted by Gasteiger charge is 2.21. The van der Waals surface area contributed by atoms with Gasteiger partial charge in [-0.1, -0.05) is 23.4 Å². The molecule has 10 heteroatoms. The standard InChI is InChI=1S/C18H22N8O2/c1-14-11-16(21-28-14)19-18(27)13-25-9-7-24(8-10-25)12-17-20-22-23-26(17)15-5-3-2-4-6-15/h2-6,11H,7-10,12-13H2,1H3,(H,19,21,27). The van der Waals surface area contributed by atoms with E-state index in [-0.39, 0.29) is 5.91 Å². The lowest BCUT2D eigenvalue weighted by molar-refractivity contribution is -0.117. The molecule has 0 radical (unpaired) electrons. The van der Waals surface area contributed by atoms with Crippen molar-refractivity contribution in [3.8, 4) is 5.69 Å². The van der Waals surface area contributed by atoms with Crippen molar-refractivity contribution in [2.24, 2.45) is 0 Å². The predicted octanol–water partition coefficient (Wildman–Crippen LogP) is 0.715. The fourth-order valence-corrected chi connectivity index (χ4v) is 3.19. The van der Waals surface area contributed by atoms with E-state index in [2.05, 4.69) is 35.8 Å². The number of aryl methyl sites for hydroxylation is 1. The van der Waals surface area contributed by atoms with Gasteiger partial charge in [-0.15, -0.1) is 5.10 Å². The van der Waals surface area contributed by atoms with Crippen LogP contribution in [0.3, 0.4) is 0 Å². The first-order valence-corrected chi connectivity index (χ1v) is 9.18. The Morgan fingerprint density at radius 3 is 2.61 bits per heavy atom. The van der Waals surface area contributed by atoms with Gasteiger partial charge in [0.25, 0.3) is 0 Å². The number of tetrazole rings is 1. The number of nitrogens with one attached hydrogen (secondary N) is 1. The number of para-hydroxylation sites is 1. The predicted molar refractivity (Wildman–Crippen MR) is 101 cm³/mol. The van der Waals surface area contributed by atoms with Gasteiger partial charge < -0.3 is 9.84 Å². The molecular formula is C18H22N8O2. The van der Waals surface area contributed by atoms with E-state index in [9.17, 15) is 4.79 Å². The average molecular weight is 382 g/mol. The van der Waals surface area contributed by atoms with Gasteiger partial charge in [-0.2, -0.15) is 4.68 Å². The lowest BCUT2D eigenvalue weighted by Gasteiger charge is -2.33. The van der Waals surface area contributed by atoms with Crippen LogP contribution in [-0.2, 0) is 11.3 Å². The number of anilines is 1. The van der Waals surface area contributed by atoms with Crippen LogP contribution in [0.15, 0.2) is 40.9 Å². The normalized spacial score (nSPS) is 15.6. The van der Waals surface area contributed by atoms with Gasteiger partial charge in [0, 0.05) is 32.2 Å². The number of hydrogen-bond donors (Lipinski definition) is 1. The zero-order chi connectivity index (χ0) is 19.3. The number of carbonyl (C=O) groups is 1. The van der Waals surface area contributed by atoms with Crippen LogP contribution in [-0.4, -0.2) is 73.8 Å². The molecule has 2 aromatic heterocycles. The summed E-state index contributed by atoms with van der Waals surface area (Å²) in [7, 11) is 0. The first-order valence-electron chi connectivity index (χ1n) is 9.18. The Labute approximate surface area is 162 Å². The van der Waals surface area contributed by atoms with Gasteiger partial charge in [-0.3, -0.25) is 14.6 Å². The molecule has 3 aromatic rings. The van der Waals surface area contributed by atoms with E-state index >= 15 is 0 Å². The van der Waals surface area contributed by atoms with Crippen LogP contribution in [0.25, 0.3) is 5.69 Å². The molecule has 0 unspecified atom stereocenters. The molecule has 1 aromatic carbocycles. The third-order valence-electron chi connectivity index (χ3n) is 4.63. The number of amides is 1. The van der Waals surface area contributed by atoms with Crippen LogP contribution < -0.4 is 5.32 Å². The van der Waals surface area contributed by atoms with Crippen LogP contribution >= 0.6 is 0 Å². The van der Waals surface area contributed by atoms with Gasteiger partial charge in [-0.25, -0.2) is 0 Å². The fourth-order valence-electron chi connectivity index (χ4n) is 3.19. The second-order valence-electron chi connectivity index (χ2n) is 6.77. The van der Waals surface area contributed by atoms with Crippen LogP contribution in [0.1, 0.15) is 11.6 Å². The van der Waals surface area contributed by atoms with Crippen molar-refractivity contribution in [1.29, 1.82) is 0 Å². The van der Waals surface area contributed by atoms with E-state index in [1.165, 1.54) is 0 Å². The van der Waals surface area contributed by atoms with Crippen LogP contribution in [0.5, 0.6) is 0 Å². The topological polar surface area (TPSA) is 105 Å². The summed E-state index contributed by atoms with van der Waals surface area (Å²) in [6.45, 7) is 6.09. The average Bonchev–Trinajstić information content (AvgIpc) is 3.33. The van der Waals surface area contributed by atoms with Crippen molar-refractivity contribution in [2.45, 2.75) is 13.5 Å². The van der Waals surface area contributed by atoms with Crippen molar-refractivity contribution in [3.05, 3.63) is 48.0 Å². The Hall–Kier alpha value is -3.11. The smallest absolute Gasteiger partial charge is 0.239 e. The SMILES string of the molecule is Cc1cc(NC(=O)CN2CCN(Cc3nnnn3-c3ccccc3)CC2)no1. The first-order chi connectivity index (χ1) is 13.7. The molecule has 0 bridgehead atoms. The molecule has 0 saturated carbocycles. The summed E-state index contributed by atoms with van der Waals surface area (Å²) in [4.78, 5) is 16.6. The number of aromatic nitrogens is 5. The molecule has 1 aliphatic rings. The Morgan fingerprint density at radius 1 is 1.14 bits per heavy atom. The monoisotopic (exact) mass is 382 g/mol. The molecule has 0 atom stereocenters. The Morgan fingerprint density at radius 2 is 1.89 bits per heavy atom. The van der Waals surface area contributed by atoms with Crippen molar-refractivity contribution < 1.29 is 9.32 Å². The third-order valence-corrected chi connectivity index (χ3v) is 4.63. The van der Waals surface area contributed by atoms with Crippen LogP contribution in [0.4, 0.5) is 5.82 Å². The number of nitrogens with zero attached hydrogens (tertiary/aromatic N) is 7. The molecule has 1 N–H and O–H groups in total. The van der Waals surface area contributed by atoms with Gasteiger partial charge in [0.1, 0.15) is 5.76 Å². The summed E-state index contributed by atoms with van der Waals surface area (Å²) in [5, 5.41) is 18.6. The third kappa shape index (κ3) is 4.41. The number of piperazine rings is 1. The zero-order valence-corrected chi connectivity index (χ0v) is 15.7. The summed E-state index contributed by atoms with van der Waals surface area (Å²) < 4.78 is 6.72. The second kappa shape index (κ2) is 8.28. The summed E-state index contributed by atoms with van der Waals surface area (Å²) in [6, 6.07) is 11.6. The van der Waals surface area contributed by atoms with Crippen molar-refractivity contribution in [2.75, 3.05) is 38.0 Å². The summed E-state index contributed by atoms with van der Waals surface area (Å²) >= 11 is 0. The summed E-state index contributed by atoms with van der Waals surface area (Å²) in [6.07, 6.45) is 0. The maximum Gasteiger partial charge on any atom is 0.239 e. The Kier molecular flexibility index (Phi) is 5.40. The first kappa shape index (κ1) is 18.3. The molecule has 3 heterocycles. The lowest BCUT2D eigenvalue weighted by Crippen LogP contribution is -2.48. The molecule has 10 nitrogen and oxygen atoms in total. The number of carbonyl (C=O) groups excluding carboxylic acids is 1. The van der Waals surface area contributed by atoms with E-state index in [1.807, 2.05) is 30.3 Å². The quantitative estimate of drug-likeness (QED) is 0.665. The summed E-state index contributed by atoms with van der Waals surface area (Å²) in [5.74, 6) is 1.84. The molecule has 146 valence electrons. The van der Waals surface area contributed by atoms with Crippen LogP contribution in [0.2, 0.25) is 0 Å². The minimum Gasteiger partial charge on any atom is -0.360 e. The summed E-state index contributed by atoms with van der Waals surface area (Å²) in [5.41, 5.74) is 0.945. The number of hydrogen-bond acceptors (Lipinski definition) is 8. The largest absolute Gasteiger partial charge is 0.360 e. The highest BCUT2D eigenvalue weighted by atomic mass is 16.5. The van der Waals surface area contributed by atoms with E-state index in [1.54, 1.807) is 17.7 Å². The highest BCUT2D eigenvalue weighted by molar-refractivity contribution is 5.91. The van der Waals surface area contributed by atoms with Gasteiger partial charge in [0.2, 0.25) is 5.91 Å². The maximum atomic E-state index is 12.2. The molecule has 0 spiro atoms. The zero-order valence-electron chi connectivity index (χ0n) is 15.7. The molecule has 1 aliphatic heterocycles. The second-order valence-corrected chi connectivity index (χ2v) is 6.77. The molecule has 28 heavy (non-hydrogen) atoms. The van der Waals surface area contributed by atoms with Gasteiger partial charge in [0.05, 0.1) is 18.8 Å². The van der Waals surface area contributed by atoms with Gasteiger partial charge in [0.15, 0.2) is 11.6 Å². The maximum absolute atomic E-state index is 12.2. The molecule has 1 amide bonds. The number of rotatable bonds is 6. The molecule has 1 saturated heterocycles. The molecule has 1 fully saturated rings. The van der Waals surface area contributed by atoms with Gasteiger partial charge >= 0.3 is 0 Å². The fraction of sp³-hybridized carbons (Fsp3) is 0.389. The van der Waals surface area contributed by atoms with E-state index in [4.69, 9.17) is 4.52 Å². The van der Waals surface area contributed by atoms with Gasteiger partial charge in [-0.05, 0) is 29.5 Å². The van der Waals surface area contributed by atoms with Crippen molar-refractivity contribution >= 4 is 11.7 Å². The minimum atomic E-state index is -0.0882. The van der Waals surface area contributed by atoms with Crippen molar-refractivity contribution in [1.82, 2.24) is 35.2 Å².